The summed E-state index contributed by atoms with van der Waals surface area (Å²) in [6.45, 7) is 2.00. The molecule has 2 heterocycles. The van der Waals surface area contributed by atoms with Gasteiger partial charge in [0.25, 0.3) is 0 Å². The smallest absolute Gasteiger partial charge is 0.247 e. The Morgan fingerprint density at radius 1 is 1.30 bits per heavy atom. The second-order valence-corrected chi connectivity index (χ2v) is 8.20. The van der Waals surface area contributed by atoms with Crippen LogP contribution in [0.4, 0.5) is 10.1 Å². The molecule has 0 saturated carbocycles. The van der Waals surface area contributed by atoms with Crippen molar-refractivity contribution in [3.8, 4) is 17.1 Å². The Kier molecular flexibility index (Phi) is 5.21. The normalized spacial score (nSPS) is 15.2. The van der Waals surface area contributed by atoms with Gasteiger partial charge >= 0.3 is 0 Å². The highest BCUT2D eigenvalue weighted by molar-refractivity contribution is 9.10. The van der Waals surface area contributed by atoms with E-state index in [0.29, 0.717) is 16.5 Å². The van der Waals surface area contributed by atoms with Crippen molar-refractivity contribution in [1.29, 1.82) is 0 Å². The molecule has 1 aromatic heterocycles. The van der Waals surface area contributed by atoms with E-state index < -0.39 is 12.0 Å². The number of fused-ring (bicyclic) bond motifs is 3. The number of hydrogen-bond acceptors (Lipinski definition) is 6. The molecule has 0 aliphatic carbocycles. The van der Waals surface area contributed by atoms with Crippen LogP contribution in [-0.2, 0) is 0 Å². The SMILES string of the molecule is CCSc1nnc2c(n1)OC(c1c(F)cccc1Cl)Nc1ccc(Br)cc1-2. The second-order valence-electron chi connectivity index (χ2n) is 5.65. The lowest BCUT2D eigenvalue weighted by atomic mass is 10.1. The molecule has 1 atom stereocenters. The first-order valence-corrected chi connectivity index (χ1v) is 10.3. The highest BCUT2D eigenvalue weighted by Gasteiger charge is 2.29. The largest absolute Gasteiger partial charge is 0.448 e. The Hall–Kier alpha value is -1.90. The van der Waals surface area contributed by atoms with Gasteiger partial charge in [-0.3, -0.25) is 0 Å². The maximum atomic E-state index is 14.5. The summed E-state index contributed by atoms with van der Waals surface area (Å²) < 4.78 is 21.4. The number of ether oxygens (including phenoxy) is 1. The average Bonchev–Trinajstić information content (AvgIpc) is 2.78. The van der Waals surface area contributed by atoms with Gasteiger partial charge in [-0.05, 0) is 36.1 Å². The molecule has 0 amide bonds. The topological polar surface area (TPSA) is 59.9 Å². The summed E-state index contributed by atoms with van der Waals surface area (Å²) in [6.07, 6.45) is -0.865. The molecule has 0 spiro atoms. The zero-order chi connectivity index (χ0) is 19.0. The Bertz CT molecular complexity index is 1000. The van der Waals surface area contributed by atoms with Crippen LogP contribution in [0.15, 0.2) is 46.0 Å². The number of anilines is 1. The summed E-state index contributed by atoms with van der Waals surface area (Å²) in [5.74, 6) is 0.602. The minimum atomic E-state index is -0.865. The van der Waals surface area contributed by atoms with Crippen molar-refractivity contribution in [2.75, 3.05) is 11.1 Å². The van der Waals surface area contributed by atoms with E-state index in [-0.39, 0.29) is 16.5 Å². The Morgan fingerprint density at radius 3 is 2.93 bits per heavy atom. The quantitative estimate of drug-likeness (QED) is 0.498. The molecule has 0 radical (unpaired) electrons. The van der Waals surface area contributed by atoms with Crippen molar-refractivity contribution in [2.45, 2.75) is 18.3 Å². The maximum absolute atomic E-state index is 14.5. The first-order chi connectivity index (χ1) is 13.1. The Balaban J connectivity index is 1.90. The summed E-state index contributed by atoms with van der Waals surface area (Å²) in [4.78, 5) is 4.47. The van der Waals surface area contributed by atoms with Crippen LogP contribution in [0.25, 0.3) is 11.3 Å². The highest BCUT2D eigenvalue weighted by atomic mass is 79.9. The van der Waals surface area contributed by atoms with Crippen LogP contribution in [0.1, 0.15) is 18.7 Å². The fourth-order valence-electron chi connectivity index (χ4n) is 2.75. The summed E-state index contributed by atoms with van der Waals surface area (Å²) in [5, 5.41) is 12.4. The van der Waals surface area contributed by atoms with Gasteiger partial charge in [0.15, 0.2) is 5.69 Å². The molecule has 1 aliphatic heterocycles. The number of benzene rings is 2. The van der Waals surface area contributed by atoms with E-state index in [4.69, 9.17) is 16.3 Å². The van der Waals surface area contributed by atoms with Gasteiger partial charge < -0.3 is 10.1 Å². The number of nitrogens with zero attached hydrogens (tertiary/aromatic N) is 3. The predicted molar refractivity (Wildman–Crippen MR) is 108 cm³/mol. The predicted octanol–water partition coefficient (Wildman–Crippen LogP) is 5.71. The first kappa shape index (κ1) is 18.5. The molecule has 9 heteroatoms. The van der Waals surface area contributed by atoms with Gasteiger partial charge in [-0.2, -0.15) is 4.98 Å². The fraction of sp³-hybridized carbons (Fsp3) is 0.167. The molecular weight excluding hydrogens is 455 g/mol. The van der Waals surface area contributed by atoms with E-state index in [1.807, 2.05) is 25.1 Å². The lowest BCUT2D eigenvalue weighted by Crippen LogP contribution is -2.19. The van der Waals surface area contributed by atoms with Crippen molar-refractivity contribution in [3.05, 3.63) is 57.3 Å². The van der Waals surface area contributed by atoms with Gasteiger partial charge in [-0.25, -0.2) is 4.39 Å². The molecule has 4 rings (SSSR count). The summed E-state index contributed by atoms with van der Waals surface area (Å²) in [5.41, 5.74) is 2.16. The summed E-state index contributed by atoms with van der Waals surface area (Å²) in [7, 11) is 0. The van der Waals surface area contributed by atoms with Gasteiger partial charge in [0.2, 0.25) is 17.3 Å². The van der Waals surface area contributed by atoms with Crippen LogP contribution >= 0.6 is 39.3 Å². The van der Waals surface area contributed by atoms with E-state index in [9.17, 15) is 4.39 Å². The molecule has 5 nitrogen and oxygen atoms in total. The minimum absolute atomic E-state index is 0.212. The van der Waals surface area contributed by atoms with Crippen molar-refractivity contribution in [3.63, 3.8) is 0 Å². The number of nitrogens with one attached hydrogen (secondary N) is 1. The van der Waals surface area contributed by atoms with E-state index in [0.717, 1.165) is 15.8 Å². The molecule has 3 aromatic rings. The molecule has 1 aliphatic rings. The van der Waals surface area contributed by atoms with Crippen LogP contribution in [-0.4, -0.2) is 20.9 Å². The standard InChI is InChI=1S/C18H13BrClFN4OS/c1-2-27-18-23-17-15(24-25-18)10-8-9(19)6-7-13(10)22-16(26-17)14-11(20)4-3-5-12(14)21/h3-8,16,22H,2H2,1H3. The highest BCUT2D eigenvalue weighted by Crippen LogP contribution is 2.42. The van der Waals surface area contributed by atoms with Crippen LogP contribution in [0.3, 0.4) is 0 Å². The van der Waals surface area contributed by atoms with E-state index in [1.165, 1.54) is 17.8 Å². The molecule has 0 fully saturated rings. The number of halogens is 3. The van der Waals surface area contributed by atoms with E-state index >= 15 is 0 Å². The zero-order valence-electron chi connectivity index (χ0n) is 14.0. The van der Waals surface area contributed by atoms with Crippen LogP contribution in [0, 0.1) is 5.82 Å². The number of rotatable bonds is 3. The van der Waals surface area contributed by atoms with Crippen LogP contribution < -0.4 is 10.1 Å². The molecule has 1 N–H and O–H groups in total. The third-order valence-corrected chi connectivity index (χ3v) is 5.47. The number of hydrogen-bond donors (Lipinski definition) is 1. The monoisotopic (exact) mass is 466 g/mol. The van der Waals surface area contributed by atoms with E-state index in [2.05, 4.69) is 36.4 Å². The number of aromatic nitrogens is 3. The minimum Gasteiger partial charge on any atom is -0.448 e. The number of thioether (sulfide) groups is 1. The molecular formula is C18H13BrClFN4OS. The van der Waals surface area contributed by atoms with Gasteiger partial charge in [0.05, 0.1) is 10.6 Å². The summed E-state index contributed by atoms with van der Waals surface area (Å²) in [6, 6.07) is 10.1. The maximum Gasteiger partial charge on any atom is 0.247 e. The molecule has 0 saturated heterocycles. The van der Waals surface area contributed by atoms with E-state index in [1.54, 1.807) is 12.1 Å². The molecule has 138 valence electrons. The molecule has 1 unspecified atom stereocenters. The first-order valence-electron chi connectivity index (χ1n) is 8.11. The van der Waals surface area contributed by atoms with Crippen molar-refractivity contribution in [1.82, 2.24) is 15.2 Å². The molecule has 0 bridgehead atoms. The average molecular weight is 468 g/mol. The van der Waals surface area contributed by atoms with Crippen LogP contribution in [0.5, 0.6) is 5.88 Å². The van der Waals surface area contributed by atoms with Crippen molar-refractivity contribution < 1.29 is 9.13 Å². The van der Waals surface area contributed by atoms with Gasteiger partial charge in [-0.1, -0.05) is 52.3 Å². The fourth-order valence-corrected chi connectivity index (χ4v) is 3.88. The third-order valence-electron chi connectivity index (χ3n) is 3.92. The summed E-state index contributed by atoms with van der Waals surface area (Å²) >= 11 is 11.2. The van der Waals surface area contributed by atoms with Gasteiger partial charge in [0.1, 0.15) is 5.82 Å². The third kappa shape index (κ3) is 3.61. The lowest BCUT2D eigenvalue weighted by Gasteiger charge is -2.20. The van der Waals surface area contributed by atoms with Gasteiger partial charge in [0, 0.05) is 15.7 Å². The van der Waals surface area contributed by atoms with Crippen LogP contribution in [0.2, 0.25) is 5.02 Å². The molecule has 2 aromatic carbocycles. The lowest BCUT2D eigenvalue weighted by molar-refractivity contribution is 0.220. The van der Waals surface area contributed by atoms with Crippen molar-refractivity contribution >= 4 is 45.0 Å². The Morgan fingerprint density at radius 2 is 2.15 bits per heavy atom. The second kappa shape index (κ2) is 7.61. The zero-order valence-corrected chi connectivity index (χ0v) is 17.2. The van der Waals surface area contributed by atoms with Gasteiger partial charge in [-0.15, -0.1) is 10.2 Å². The van der Waals surface area contributed by atoms with Crippen molar-refractivity contribution in [2.24, 2.45) is 0 Å². The molecule has 27 heavy (non-hydrogen) atoms. The Labute approximate surface area is 172 Å².